The molecule has 110 valence electrons. The molecule has 0 aliphatic heterocycles. The maximum absolute atomic E-state index is 12.3. The molecule has 0 unspecified atom stereocenters. The van der Waals surface area contributed by atoms with E-state index in [2.05, 4.69) is 4.98 Å². The van der Waals surface area contributed by atoms with E-state index in [1.807, 2.05) is 13.8 Å². The number of carbonyl (C=O) groups excluding carboxylic acids is 2. The standard InChI is InChI=1S/C14H15N3O4/c1-3-17-6-10(14(20)21-7-11(15)18)12(19)9-5-4-8(2)16-13(9)17/h4-6H,3,7H2,1-2H3,(H2,15,18). The van der Waals surface area contributed by atoms with Crippen LogP contribution in [0.5, 0.6) is 0 Å². The second kappa shape index (κ2) is 5.74. The Hall–Kier alpha value is -2.70. The number of fused-ring (bicyclic) bond motifs is 1. The Kier molecular flexibility index (Phi) is 4.02. The number of amides is 1. The molecule has 0 aliphatic carbocycles. The number of carbonyl (C=O) groups is 2. The molecule has 7 heteroatoms. The summed E-state index contributed by atoms with van der Waals surface area (Å²) < 4.78 is 6.38. The summed E-state index contributed by atoms with van der Waals surface area (Å²) in [6.45, 7) is 3.66. The maximum atomic E-state index is 12.3. The lowest BCUT2D eigenvalue weighted by Crippen LogP contribution is -2.25. The second-order valence-electron chi connectivity index (χ2n) is 4.52. The predicted octanol–water partition coefficient (Wildman–Crippen LogP) is 0.367. The summed E-state index contributed by atoms with van der Waals surface area (Å²) in [6.07, 6.45) is 1.39. The van der Waals surface area contributed by atoms with Crippen LogP contribution in [0.1, 0.15) is 23.0 Å². The molecule has 2 aromatic heterocycles. The zero-order valence-electron chi connectivity index (χ0n) is 11.8. The van der Waals surface area contributed by atoms with Crippen molar-refractivity contribution >= 4 is 22.9 Å². The number of primary amides is 1. The number of esters is 1. The minimum atomic E-state index is -0.872. The first-order chi connectivity index (χ1) is 9.93. The van der Waals surface area contributed by atoms with Crippen molar-refractivity contribution in [2.24, 2.45) is 5.73 Å². The topological polar surface area (TPSA) is 104 Å². The summed E-state index contributed by atoms with van der Waals surface area (Å²) in [6, 6.07) is 3.32. The largest absolute Gasteiger partial charge is 0.452 e. The molecule has 2 rings (SSSR count). The summed E-state index contributed by atoms with van der Waals surface area (Å²) in [5.74, 6) is -1.65. The van der Waals surface area contributed by atoms with Crippen LogP contribution in [-0.4, -0.2) is 28.0 Å². The van der Waals surface area contributed by atoms with E-state index in [0.717, 1.165) is 5.69 Å². The number of ether oxygens (including phenoxy) is 1. The van der Waals surface area contributed by atoms with Gasteiger partial charge in [0.1, 0.15) is 11.2 Å². The van der Waals surface area contributed by atoms with Crippen LogP contribution < -0.4 is 11.2 Å². The molecule has 2 aromatic rings. The van der Waals surface area contributed by atoms with Crippen LogP contribution in [0, 0.1) is 6.92 Å². The van der Waals surface area contributed by atoms with Crippen molar-refractivity contribution in [3.8, 4) is 0 Å². The Morgan fingerprint density at radius 3 is 2.71 bits per heavy atom. The summed E-state index contributed by atoms with van der Waals surface area (Å²) in [5, 5.41) is 0.330. The summed E-state index contributed by atoms with van der Waals surface area (Å²) >= 11 is 0. The van der Waals surface area contributed by atoms with Crippen LogP contribution in [0.4, 0.5) is 0 Å². The Morgan fingerprint density at radius 1 is 1.38 bits per heavy atom. The monoisotopic (exact) mass is 289 g/mol. The molecule has 0 atom stereocenters. The number of aryl methyl sites for hydroxylation is 2. The zero-order chi connectivity index (χ0) is 15.6. The van der Waals surface area contributed by atoms with E-state index in [4.69, 9.17) is 10.5 Å². The molecule has 0 aliphatic rings. The number of hydrogen-bond acceptors (Lipinski definition) is 5. The van der Waals surface area contributed by atoms with Crippen molar-refractivity contribution in [1.29, 1.82) is 0 Å². The summed E-state index contributed by atoms with van der Waals surface area (Å²) in [4.78, 5) is 39.2. The highest BCUT2D eigenvalue weighted by Crippen LogP contribution is 2.11. The molecular formula is C14H15N3O4. The van der Waals surface area contributed by atoms with Crippen LogP contribution in [-0.2, 0) is 16.1 Å². The van der Waals surface area contributed by atoms with Crippen molar-refractivity contribution in [1.82, 2.24) is 9.55 Å². The van der Waals surface area contributed by atoms with E-state index in [1.54, 1.807) is 16.7 Å². The van der Waals surface area contributed by atoms with Gasteiger partial charge in [0.2, 0.25) is 5.43 Å². The molecule has 0 radical (unpaired) electrons. The van der Waals surface area contributed by atoms with Gasteiger partial charge in [-0.1, -0.05) is 0 Å². The van der Waals surface area contributed by atoms with Gasteiger partial charge in [-0.25, -0.2) is 9.78 Å². The number of hydrogen-bond donors (Lipinski definition) is 1. The Morgan fingerprint density at radius 2 is 2.10 bits per heavy atom. The summed E-state index contributed by atoms with van der Waals surface area (Å²) in [5.41, 5.74) is 5.57. The molecule has 0 fully saturated rings. The van der Waals surface area contributed by atoms with Crippen molar-refractivity contribution in [3.63, 3.8) is 0 Å². The smallest absolute Gasteiger partial charge is 0.344 e. The first-order valence-corrected chi connectivity index (χ1v) is 6.40. The van der Waals surface area contributed by atoms with Gasteiger partial charge in [0.15, 0.2) is 6.61 Å². The maximum Gasteiger partial charge on any atom is 0.344 e. The number of rotatable bonds is 4. The Labute approximate surface area is 120 Å². The lowest BCUT2D eigenvalue weighted by Gasteiger charge is -2.10. The lowest BCUT2D eigenvalue weighted by molar-refractivity contribution is -0.121. The molecule has 2 N–H and O–H groups in total. The third kappa shape index (κ3) is 2.91. The van der Waals surface area contributed by atoms with Gasteiger partial charge < -0.3 is 15.0 Å². The van der Waals surface area contributed by atoms with Gasteiger partial charge in [0.05, 0.1) is 5.39 Å². The highest BCUT2D eigenvalue weighted by Gasteiger charge is 2.17. The molecule has 0 spiro atoms. The lowest BCUT2D eigenvalue weighted by atomic mass is 10.2. The fourth-order valence-electron chi connectivity index (χ4n) is 1.96. The van der Waals surface area contributed by atoms with E-state index >= 15 is 0 Å². The van der Waals surface area contributed by atoms with E-state index in [9.17, 15) is 14.4 Å². The molecule has 0 bridgehead atoms. The van der Waals surface area contributed by atoms with Crippen LogP contribution in [0.25, 0.3) is 11.0 Å². The van der Waals surface area contributed by atoms with Crippen LogP contribution in [0.15, 0.2) is 23.1 Å². The van der Waals surface area contributed by atoms with Crippen molar-refractivity contribution in [2.45, 2.75) is 20.4 Å². The third-order valence-electron chi connectivity index (χ3n) is 2.97. The first kappa shape index (κ1) is 14.7. The highest BCUT2D eigenvalue weighted by atomic mass is 16.5. The van der Waals surface area contributed by atoms with Crippen LogP contribution in [0.2, 0.25) is 0 Å². The average molecular weight is 289 g/mol. The molecule has 1 amide bonds. The van der Waals surface area contributed by atoms with Gasteiger partial charge in [-0.15, -0.1) is 0 Å². The second-order valence-corrected chi connectivity index (χ2v) is 4.52. The zero-order valence-corrected chi connectivity index (χ0v) is 11.8. The van der Waals surface area contributed by atoms with Crippen molar-refractivity contribution in [3.05, 3.63) is 39.8 Å². The highest BCUT2D eigenvalue weighted by molar-refractivity contribution is 5.94. The normalized spacial score (nSPS) is 10.6. The molecule has 0 aromatic carbocycles. The van der Waals surface area contributed by atoms with E-state index in [0.29, 0.717) is 17.6 Å². The molecule has 0 saturated carbocycles. The van der Waals surface area contributed by atoms with Gasteiger partial charge in [-0.3, -0.25) is 9.59 Å². The molecule has 21 heavy (non-hydrogen) atoms. The quantitative estimate of drug-likeness (QED) is 0.819. The fourth-order valence-corrected chi connectivity index (χ4v) is 1.96. The number of pyridine rings is 2. The average Bonchev–Trinajstić information content (AvgIpc) is 2.45. The van der Waals surface area contributed by atoms with Gasteiger partial charge >= 0.3 is 5.97 Å². The van der Waals surface area contributed by atoms with E-state index < -0.39 is 23.9 Å². The Balaban J connectivity index is 2.58. The van der Waals surface area contributed by atoms with Crippen LogP contribution >= 0.6 is 0 Å². The van der Waals surface area contributed by atoms with E-state index in [-0.39, 0.29) is 5.56 Å². The Bertz CT molecular complexity index is 780. The third-order valence-corrected chi connectivity index (χ3v) is 2.97. The van der Waals surface area contributed by atoms with Gasteiger partial charge in [0, 0.05) is 18.4 Å². The van der Waals surface area contributed by atoms with Crippen molar-refractivity contribution in [2.75, 3.05) is 6.61 Å². The SMILES string of the molecule is CCn1cc(C(=O)OCC(N)=O)c(=O)c2ccc(C)nc21. The molecule has 2 heterocycles. The number of nitrogens with two attached hydrogens (primary N) is 1. The van der Waals surface area contributed by atoms with Gasteiger partial charge in [-0.05, 0) is 26.0 Å². The minimum absolute atomic E-state index is 0.142. The van der Waals surface area contributed by atoms with Crippen LogP contribution in [0.3, 0.4) is 0 Å². The minimum Gasteiger partial charge on any atom is -0.452 e. The predicted molar refractivity (Wildman–Crippen MR) is 75.9 cm³/mol. The van der Waals surface area contributed by atoms with E-state index in [1.165, 1.54) is 6.20 Å². The molecule has 7 nitrogen and oxygen atoms in total. The number of aromatic nitrogens is 2. The van der Waals surface area contributed by atoms with Gasteiger partial charge in [0.25, 0.3) is 5.91 Å². The fraction of sp³-hybridized carbons (Fsp3) is 0.286. The molecular weight excluding hydrogens is 274 g/mol. The molecule has 0 saturated heterocycles. The van der Waals surface area contributed by atoms with Crippen molar-refractivity contribution < 1.29 is 14.3 Å². The summed E-state index contributed by atoms with van der Waals surface area (Å²) in [7, 11) is 0. The number of nitrogens with zero attached hydrogens (tertiary/aromatic N) is 2. The van der Waals surface area contributed by atoms with Gasteiger partial charge in [-0.2, -0.15) is 0 Å². The first-order valence-electron chi connectivity index (χ1n) is 6.40.